The molecule has 0 spiro atoms. The number of piperazine rings is 1. The Hall–Kier alpha value is -2.14. The van der Waals surface area contributed by atoms with Crippen LogP contribution in [-0.4, -0.2) is 51.7 Å². The summed E-state index contributed by atoms with van der Waals surface area (Å²) in [6, 6.07) is 10.5. The third kappa shape index (κ3) is 3.98. The van der Waals surface area contributed by atoms with E-state index in [0.717, 1.165) is 51.5 Å². The molecule has 5 heteroatoms. The number of nitrogens with zero attached hydrogens (tertiary/aromatic N) is 4. The van der Waals surface area contributed by atoms with Crippen molar-refractivity contribution in [2.45, 2.75) is 39.3 Å². The number of amides is 1. The first kappa shape index (κ1) is 17.3. The molecule has 4 rings (SSSR count). The maximum atomic E-state index is 12.7. The van der Waals surface area contributed by atoms with Crippen molar-refractivity contribution in [1.82, 2.24) is 19.6 Å². The molecule has 0 radical (unpaired) electrons. The highest BCUT2D eigenvalue weighted by atomic mass is 16.2. The highest BCUT2D eigenvalue weighted by Crippen LogP contribution is 2.24. The third-order valence-electron chi connectivity index (χ3n) is 5.64. The second-order valence-corrected chi connectivity index (χ2v) is 7.79. The summed E-state index contributed by atoms with van der Waals surface area (Å²) in [6.07, 6.45) is 5.45. The number of fused-ring (bicyclic) bond motifs is 1. The Morgan fingerprint density at radius 3 is 2.69 bits per heavy atom. The van der Waals surface area contributed by atoms with Gasteiger partial charge >= 0.3 is 0 Å². The van der Waals surface area contributed by atoms with Crippen LogP contribution in [0.25, 0.3) is 0 Å². The van der Waals surface area contributed by atoms with Gasteiger partial charge in [0.05, 0.1) is 5.69 Å². The van der Waals surface area contributed by atoms with Gasteiger partial charge in [0.2, 0.25) is 5.91 Å². The second-order valence-electron chi connectivity index (χ2n) is 7.79. The molecule has 1 aliphatic carbocycles. The average Bonchev–Trinajstić information content (AvgIpc) is 3.04. The minimum atomic E-state index is 0.192. The van der Waals surface area contributed by atoms with E-state index in [2.05, 4.69) is 47.4 Å². The van der Waals surface area contributed by atoms with Crippen LogP contribution in [0, 0.1) is 5.92 Å². The predicted octanol–water partition coefficient (Wildman–Crippen LogP) is 2.35. The summed E-state index contributed by atoms with van der Waals surface area (Å²) >= 11 is 0. The molecule has 2 aliphatic rings. The Morgan fingerprint density at radius 2 is 1.92 bits per heavy atom. The molecule has 0 saturated carbocycles. The number of hydrogen-bond donors (Lipinski definition) is 0. The van der Waals surface area contributed by atoms with E-state index in [9.17, 15) is 4.79 Å². The smallest absolute Gasteiger partial charge is 0.244 e. The van der Waals surface area contributed by atoms with Gasteiger partial charge < -0.3 is 4.90 Å². The molecule has 1 aromatic carbocycles. The van der Waals surface area contributed by atoms with Crippen molar-refractivity contribution in [3.63, 3.8) is 0 Å². The Labute approximate surface area is 155 Å². The summed E-state index contributed by atoms with van der Waals surface area (Å²) in [5.41, 5.74) is 3.87. The van der Waals surface area contributed by atoms with E-state index >= 15 is 0 Å². The Bertz CT molecular complexity index is 747. The van der Waals surface area contributed by atoms with E-state index in [1.54, 1.807) is 0 Å². The normalized spacial score (nSPS) is 20.8. The zero-order chi connectivity index (χ0) is 17.9. The zero-order valence-electron chi connectivity index (χ0n) is 15.6. The molecule has 1 amide bonds. The maximum Gasteiger partial charge on any atom is 0.244 e. The predicted molar refractivity (Wildman–Crippen MR) is 102 cm³/mol. The van der Waals surface area contributed by atoms with Crippen LogP contribution >= 0.6 is 0 Å². The molecule has 2 aromatic rings. The van der Waals surface area contributed by atoms with Crippen molar-refractivity contribution in [2.24, 2.45) is 5.92 Å². The standard InChI is InChI=1S/C21H28N4O/c1-17-7-8-20-19(13-17)15-25(22-20)16-21(26)24-11-9-23(10-12-24)14-18-5-3-2-4-6-18/h2-6,15,17H,7-14,16H2,1H3. The van der Waals surface area contributed by atoms with Crippen molar-refractivity contribution < 1.29 is 4.79 Å². The van der Waals surface area contributed by atoms with Crippen LogP contribution in [0.3, 0.4) is 0 Å². The average molecular weight is 352 g/mol. The van der Waals surface area contributed by atoms with Crippen molar-refractivity contribution in [2.75, 3.05) is 26.2 Å². The Morgan fingerprint density at radius 1 is 1.15 bits per heavy atom. The van der Waals surface area contributed by atoms with Gasteiger partial charge in [-0.2, -0.15) is 5.10 Å². The lowest BCUT2D eigenvalue weighted by atomic mass is 9.89. The topological polar surface area (TPSA) is 41.4 Å². The summed E-state index contributed by atoms with van der Waals surface area (Å²) < 4.78 is 1.86. The summed E-state index contributed by atoms with van der Waals surface area (Å²) in [7, 11) is 0. The molecule has 0 N–H and O–H groups in total. The van der Waals surface area contributed by atoms with Gasteiger partial charge in [0.25, 0.3) is 0 Å². The lowest BCUT2D eigenvalue weighted by Gasteiger charge is -2.34. The molecular weight excluding hydrogens is 324 g/mol. The lowest BCUT2D eigenvalue weighted by molar-refractivity contribution is -0.133. The third-order valence-corrected chi connectivity index (χ3v) is 5.64. The van der Waals surface area contributed by atoms with Crippen LogP contribution < -0.4 is 0 Å². The Kier molecular flexibility index (Phi) is 5.07. The molecular formula is C21H28N4O. The van der Waals surface area contributed by atoms with Crippen LogP contribution in [0.1, 0.15) is 30.2 Å². The van der Waals surface area contributed by atoms with E-state index in [-0.39, 0.29) is 5.91 Å². The van der Waals surface area contributed by atoms with Crippen LogP contribution in [-0.2, 0) is 30.7 Å². The van der Waals surface area contributed by atoms with Gasteiger partial charge in [0.15, 0.2) is 0 Å². The summed E-state index contributed by atoms with van der Waals surface area (Å²) in [6.45, 7) is 7.13. The number of carbonyl (C=O) groups excluding carboxylic acids is 1. The minimum Gasteiger partial charge on any atom is -0.339 e. The first-order chi connectivity index (χ1) is 12.7. The molecule has 1 unspecified atom stereocenters. The molecule has 1 aromatic heterocycles. The van der Waals surface area contributed by atoms with Gasteiger partial charge in [0.1, 0.15) is 6.54 Å². The number of benzene rings is 1. The van der Waals surface area contributed by atoms with Gasteiger partial charge in [-0.05, 0) is 36.3 Å². The highest BCUT2D eigenvalue weighted by molar-refractivity contribution is 5.76. The Balaban J connectivity index is 1.29. The van der Waals surface area contributed by atoms with E-state index < -0.39 is 0 Å². The molecule has 0 bridgehead atoms. The van der Waals surface area contributed by atoms with Crippen molar-refractivity contribution in [3.8, 4) is 0 Å². The van der Waals surface area contributed by atoms with E-state index in [4.69, 9.17) is 0 Å². The number of hydrogen-bond acceptors (Lipinski definition) is 3. The van der Waals surface area contributed by atoms with Gasteiger partial charge in [0, 0.05) is 38.9 Å². The zero-order valence-corrected chi connectivity index (χ0v) is 15.6. The first-order valence-electron chi connectivity index (χ1n) is 9.76. The van der Waals surface area contributed by atoms with Gasteiger partial charge in [-0.15, -0.1) is 0 Å². The minimum absolute atomic E-state index is 0.192. The number of aryl methyl sites for hydroxylation is 1. The molecule has 26 heavy (non-hydrogen) atoms. The number of carbonyl (C=O) groups is 1. The van der Waals surface area contributed by atoms with Gasteiger partial charge in [-0.25, -0.2) is 0 Å². The number of aromatic nitrogens is 2. The molecule has 2 heterocycles. The first-order valence-corrected chi connectivity index (χ1v) is 9.76. The molecule has 1 saturated heterocycles. The van der Waals surface area contributed by atoms with Crippen molar-refractivity contribution in [1.29, 1.82) is 0 Å². The summed E-state index contributed by atoms with van der Waals surface area (Å²) in [5, 5.41) is 4.65. The van der Waals surface area contributed by atoms with Gasteiger partial charge in [-0.1, -0.05) is 37.3 Å². The quantitative estimate of drug-likeness (QED) is 0.848. The number of rotatable bonds is 4. The van der Waals surface area contributed by atoms with Crippen LogP contribution in [0.4, 0.5) is 0 Å². The monoisotopic (exact) mass is 352 g/mol. The maximum absolute atomic E-state index is 12.7. The fourth-order valence-corrected chi connectivity index (χ4v) is 4.06. The fraction of sp³-hybridized carbons (Fsp3) is 0.524. The largest absolute Gasteiger partial charge is 0.339 e. The summed E-state index contributed by atoms with van der Waals surface area (Å²) in [5.74, 6) is 0.922. The summed E-state index contributed by atoms with van der Waals surface area (Å²) in [4.78, 5) is 17.1. The molecule has 1 atom stereocenters. The molecule has 1 fully saturated rings. The fourth-order valence-electron chi connectivity index (χ4n) is 4.06. The highest BCUT2D eigenvalue weighted by Gasteiger charge is 2.23. The van der Waals surface area contributed by atoms with Crippen LogP contribution in [0.2, 0.25) is 0 Å². The SMILES string of the molecule is CC1CCc2nn(CC(=O)N3CCN(Cc4ccccc4)CC3)cc2C1. The molecule has 1 aliphatic heterocycles. The van der Waals surface area contributed by atoms with Gasteiger partial charge in [-0.3, -0.25) is 14.4 Å². The molecule has 5 nitrogen and oxygen atoms in total. The molecule has 138 valence electrons. The second kappa shape index (κ2) is 7.62. The van der Waals surface area contributed by atoms with Crippen molar-refractivity contribution in [3.05, 3.63) is 53.3 Å². The van der Waals surface area contributed by atoms with E-state index in [1.165, 1.54) is 23.2 Å². The van der Waals surface area contributed by atoms with E-state index in [0.29, 0.717) is 6.54 Å². The van der Waals surface area contributed by atoms with E-state index in [1.807, 2.05) is 15.6 Å². The van der Waals surface area contributed by atoms with Crippen molar-refractivity contribution >= 4 is 5.91 Å². The van der Waals surface area contributed by atoms with Crippen LogP contribution in [0.5, 0.6) is 0 Å². The van der Waals surface area contributed by atoms with Crippen LogP contribution in [0.15, 0.2) is 36.5 Å². The lowest BCUT2D eigenvalue weighted by Crippen LogP contribution is -2.49.